The third-order valence-electron chi connectivity index (χ3n) is 1.70. The van der Waals surface area contributed by atoms with Gasteiger partial charge in [0.25, 0.3) is 0 Å². The number of hydrogen-bond acceptors (Lipinski definition) is 2. The number of thiol groups is 1. The van der Waals surface area contributed by atoms with Gasteiger partial charge in [0.2, 0.25) is 0 Å². The molecule has 0 aliphatic carbocycles. The summed E-state index contributed by atoms with van der Waals surface area (Å²) in [6.45, 7) is 2.18. The zero-order chi connectivity index (χ0) is 8.10. The molecular weight excluding hydrogens is 156 g/mol. The second-order valence-electron chi connectivity index (χ2n) is 2.67. The molecule has 0 saturated heterocycles. The summed E-state index contributed by atoms with van der Waals surface area (Å²) in [5.41, 5.74) is 0. The van der Waals surface area contributed by atoms with Gasteiger partial charge in [-0.05, 0) is 18.6 Å². The van der Waals surface area contributed by atoms with Crippen LogP contribution in [0.15, 0.2) is 22.8 Å². The third kappa shape index (κ3) is 2.62. The Bertz CT molecular complexity index is 181. The lowest BCUT2D eigenvalue weighted by molar-refractivity contribution is 0.493. The monoisotopic (exact) mass is 170 g/mol. The van der Waals surface area contributed by atoms with E-state index >= 15 is 0 Å². The van der Waals surface area contributed by atoms with Crippen molar-refractivity contribution < 1.29 is 4.42 Å². The molecule has 0 N–H and O–H groups in total. The molecule has 1 heterocycles. The van der Waals surface area contributed by atoms with E-state index in [4.69, 9.17) is 4.42 Å². The molecule has 1 aromatic rings. The van der Waals surface area contributed by atoms with Gasteiger partial charge in [0.1, 0.15) is 5.76 Å². The van der Waals surface area contributed by atoms with Crippen LogP contribution in [0.1, 0.15) is 37.2 Å². The highest BCUT2D eigenvalue weighted by atomic mass is 32.1. The van der Waals surface area contributed by atoms with E-state index in [0.717, 1.165) is 12.2 Å². The summed E-state index contributed by atoms with van der Waals surface area (Å²) in [7, 11) is 0. The van der Waals surface area contributed by atoms with Crippen molar-refractivity contribution in [3.05, 3.63) is 24.2 Å². The van der Waals surface area contributed by atoms with E-state index in [9.17, 15) is 0 Å². The fourth-order valence-corrected chi connectivity index (χ4v) is 1.35. The van der Waals surface area contributed by atoms with E-state index in [1.807, 2.05) is 12.1 Å². The van der Waals surface area contributed by atoms with Crippen molar-refractivity contribution in [1.82, 2.24) is 0 Å². The molecule has 62 valence electrons. The van der Waals surface area contributed by atoms with Crippen LogP contribution in [-0.4, -0.2) is 0 Å². The average molecular weight is 170 g/mol. The van der Waals surface area contributed by atoms with Crippen LogP contribution in [0, 0.1) is 0 Å². The lowest BCUT2D eigenvalue weighted by Gasteiger charge is -2.04. The normalized spacial score (nSPS) is 13.3. The van der Waals surface area contributed by atoms with Gasteiger partial charge < -0.3 is 4.42 Å². The summed E-state index contributed by atoms with van der Waals surface area (Å²) in [6.07, 6.45) is 5.24. The Kier molecular flexibility index (Phi) is 3.57. The van der Waals surface area contributed by atoms with Crippen LogP contribution in [0.25, 0.3) is 0 Å². The summed E-state index contributed by atoms with van der Waals surface area (Å²) in [4.78, 5) is 0. The summed E-state index contributed by atoms with van der Waals surface area (Å²) >= 11 is 4.43. The molecule has 0 aliphatic heterocycles. The minimum Gasteiger partial charge on any atom is -0.468 e. The summed E-state index contributed by atoms with van der Waals surface area (Å²) < 4.78 is 5.22. The molecule has 1 unspecified atom stereocenters. The van der Waals surface area contributed by atoms with Gasteiger partial charge in [-0.1, -0.05) is 19.8 Å². The van der Waals surface area contributed by atoms with Crippen molar-refractivity contribution in [2.45, 2.75) is 31.4 Å². The number of rotatable bonds is 4. The van der Waals surface area contributed by atoms with Crippen LogP contribution >= 0.6 is 12.6 Å². The van der Waals surface area contributed by atoms with Gasteiger partial charge in [0.15, 0.2) is 0 Å². The van der Waals surface area contributed by atoms with E-state index in [2.05, 4.69) is 19.6 Å². The molecule has 0 aliphatic rings. The maximum Gasteiger partial charge on any atom is 0.116 e. The summed E-state index contributed by atoms with van der Waals surface area (Å²) in [5, 5.41) is 0.282. The Morgan fingerprint density at radius 3 is 3.00 bits per heavy atom. The predicted octanol–water partition coefficient (Wildman–Crippen LogP) is 3.44. The molecule has 0 spiro atoms. The first kappa shape index (κ1) is 8.72. The summed E-state index contributed by atoms with van der Waals surface area (Å²) in [5.74, 6) is 0.988. The highest BCUT2D eigenvalue weighted by Gasteiger charge is 2.07. The van der Waals surface area contributed by atoms with Gasteiger partial charge in [0, 0.05) is 0 Å². The maximum atomic E-state index is 5.22. The van der Waals surface area contributed by atoms with E-state index in [0.29, 0.717) is 0 Å². The van der Waals surface area contributed by atoms with Crippen molar-refractivity contribution >= 4 is 12.6 Å². The Hall–Kier alpha value is -0.370. The molecule has 1 atom stereocenters. The SMILES string of the molecule is CCCCC(S)c1ccco1. The van der Waals surface area contributed by atoms with Gasteiger partial charge in [-0.2, -0.15) is 12.6 Å². The fraction of sp³-hybridized carbons (Fsp3) is 0.556. The highest BCUT2D eigenvalue weighted by molar-refractivity contribution is 7.80. The van der Waals surface area contributed by atoms with Crippen molar-refractivity contribution in [2.24, 2.45) is 0 Å². The van der Waals surface area contributed by atoms with Crippen LogP contribution in [-0.2, 0) is 0 Å². The second-order valence-corrected chi connectivity index (χ2v) is 3.30. The fourth-order valence-electron chi connectivity index (χ4n) is 1.02. The van der Waals surface area contributed by atoms with Crippen LogP contribution in [0.2, 0.25) is 0 Å². The third-order valence-corrected chi connectivity index (χ3v) is 2.22. The van der Waals surface area contributed by atoms with Crippen LogP contribution < -0.4 is 0 Å². The predicted molar refractivity (Wildman–Crippen MR) is 50.0 cm³/mol. The van der Waals surface area contributed by atoms with Crippen molar-refractivity contribution in [3.63, 3.8) is 0 Å². The van der Waals surface area contributed by atoms with Gasteiger partial charge in [-0.15, -0.1) is 0 Å². The Labute approximate surface area is 73.2 Å². The van der Waals surface area contributed by atoms with E-state index in [-0.39, 0.29) is 5.25 Å². The molecular formula is C9H14OS. The van der Waals surface area contributed by atoms with Gasteiger partial charge in [-0.3, -0.25) is 0 Å². The summed E-state index contributed by atoms with van der Waals surface area (Å²) in [6, 6.07) is 3.89. The quantitative estimate of drug-likeness (QED) is 0.683. The lowest BCUT2D eigenvalue weighted by Crippen LogP contribution is -1.86. The Morgan fingerprint density at radius 2 is 2.45 bits per heavy atom. The zero-order valence-corrected chi connectivity index (χ0v) is 7.68. The second kappa shape index (κ2) is 4.50. The molecule has 1 nitrogen and oxygen atoms in total. The molecule has 0 fully saturated rings. The van der Waals surface area contributed by atoms with Crippen LogP contribution in [0.4, 0.5) is 0 Å². The largest absolute Gasteiger partial charge is 0.468 e. The van der Waals surface area contributed by atoms with Gasteiger partial charge in [0.05, 0.1) is 11.5 Å². The first-order chi connectivity index (χ1) is 5.34. The molecule has 1 rings (SSSR count). The highest BCUT2D eigenvalue weighted by Crippen LogP contribution is 2.25. The molecule has 0 aromatic carbocycles. The molecule has 0 radical (unpaired) electrons. The average Bonchev–Trinajstić information content (AvgIpc) is 2.52. The molecule has 0 amide bonds. The van der Waals surface area contributed by atoms with Crippen LogP contribution in [0.3, 0.4) is 0 Å². The number of unbranched alkanes of at least 4 members (excludes halogenated alkanes) is 1. The van der Waals surface area contributed by atoms with Crippen LogP contribution in [0.5, 0.6) is 0 Å². The maximum absolute atomic E-state index is 5.22. The lowest BCUT2D eigenvalue weighted by atomic mass is 10.2. The van der Waals surface area contributed by atoms with Crippen molar-refractivity contribution in [2.75, 3.05) is 0 Å². The molecule has 1 aromatic heterocycles. The minimum atomic E-state index is 0.282. The van der Waals surface area contributed by atoms with Gasteiger partial charge in [-0.25, -0.2) is 0 Å². The standard InChI is InChI=1S/C9H14OS/c1-2-3-6-9(11)8-5-4-7-10-8/h4-5,7,9,11H,2-3,6H2,1H3. The molecule has 11 heavy (non-hydrogen) atoms. The molecule has 0 bridgehead atoms. The Morgan fingerprint density at radius 1 is 1.64 bits per heavy atom. The van der Waals surface area contributed by atoms with Crippen molar-refractivity contribution in [1.29, 1.82) is 0 Å². The van der Waals surface area contributed by atoms with Gasteiger partial charge >= 0.3 is 0 Å². The smallest absolute Gasteiger partial charge is 0.116 e. The Balaban J connectivity index is 2.36. The van der Waals surface area contributed by atoms with E-state index in [1.54, 1.807) is 6.26 Å². The molecule has 0 saturated carbocycles. The number of hydrogen-bond donors (Lipinski definition) is 1. The topological polar surface area (TPSA) is 13.1 Å². The van der Waals surface area contributed by atoms with E-state index < -0.39 is 0 Å². The van der Waals surface area contributed by atoms with E-state index in [1.165, 1.54) is 12.8 Å². The minimum absolute atomic E-state index is 0.282. The zero-order valence-electron chi connectivity index (χ0n) is 6.79. The first-order valence-electron chi connectivity index (χ1n) is 4.06. The first-order valence-corrected chi connectivity index (χ1v) is 4.57. The van der Waals surface area contributed by atoms with Crippen molar-refractivity contribution in [3.8, 4) is 0 Å². The number of furan rings is 1. The molecule has 2 heteroatoms.